The molecule has 1 aliphatic carbocycles. The van der Waals surface area contributed by atoms with Gasteiger partial charge in [-0.05, 0) is 63.0 Å². The zero-order valence-electron chi connectivity index (χ0n) is 18.2. The SMILES string of the molecule is C#Cc1nc(C(=O)N(c2ccc(C(F)(F)F)cc2)C(C(=O)NC(C)(C)C)C2=CC=CC2)cs1. The van der Waals surface area contributed by atoms with Crippen molar-refractivity contribution in [2.45, 2.75) is 44.9 Å². The van der Waals surface area contributed by atoms with Crippen molar-refractivity contribution >= 4 is 28.8 Å². The Morgan fingerprint density at radius 3 is 2.36 bits per heavy atom. The van der Waals surface area contributed by atoms with Gasteiger partial charge in [-0.15, -0.1) is 17.8 Å². The summed E-state index contributed by atoms with van der Waals surface area (Å²) in [5.74, 6) is 1.25. The van der Waals surface area contributed by atoms with Crippen LogP contribution >= 0.6 is 11.3 Å². The average molecular weight is 474 g/mol. The molecular formula is C24H22F3N3O2S. The Balaban J connectivity index is 2.13. The van der Waals surface area contributed by atoms with E-state index in [1.165, 1.54) is 22.4 Å². The number of carbonyl (C=O) groups excluding carboxylic acids is 2. The number of benzene rings is 1. The predicted molar refractivity (Wildman–Crippen MR) is 122 cm³/mol. The Bertz CT molecular complexity index is 1150. The molecule has 2 amide bonds. The van der Waals surface area contributed by atoms with Crippen molar-refractivity contribution in [2.75, 3.05) is 4.90 Å². The zero-order valence-corrected chi connectivity index (χ0v) is 19.1. The summed E-state index contributed by atoms with van der Waals surface area (Å²) in [7, 11) is 0. The molecular weight excluding hydrogens is 451 g/mol. The normalized spacial score (nSPS) is 14.4. The molecule has 3 rings (SSSR count). The number of allylic oxidation sites excluding steroid dienone is 3. The van der Waals surface area contributed by atoms with Crippen LogP contribution in [0, 0.1) is 12.3 Å². The van der Waals surface area contributed by atoms with E-state index >= 15 is 0 Å². The lowest BCUT2D eigenvalue weighted by Crippen LogP contribution is -2.55. The minimum absolute atomic E-state index is 0.00737. The van der Waals surface area contributed by atoms with E-state index < -0.39 is 35.1 Å². The maximum atomic E-state index is 13.6. The number of halogens is 3. The lowest BCUT2D eigenvalue weighted by atomic mass is 9.99. The van der Waals surface area contributed by atoms with Gasteiger partial charge in [0.1, 0.15) is 11.7 Å². The fourth-order valence-electron chi connectivity index (χ4n) is 3.31. The van der Waals surface area contributed by atoms with Crippen LogP contribution in [0.1, 0.15) is 48.3 Å². The summed E-state index contributed by atoms with van der Waals surface area (Å²) in [4.78, 5) is 32.3. The van der Waals surface area contributed by atoms with Crippen molar-refractivity contribution in [3.63, 3.8) is 0 Å². The molecule has 1 aromatic carbocycles. The molecule has 9 heteroatoms. The van der Waals surface area contributed by atoms with Crippen LogP contribution in [0.5, 0.6) is 0 Å². The number of rotatable bonds is 5. The summed E-state index contributed by atoms with van der Waals surface area (Å²) in [5.41, 5.74) is -0.705. The van der Waals surface area contributed by atoms with Crippen LogP contribution in [0.3, 0.4) is 0 Å². The molecule has 1 aromatic heterocycles. The standard InChI is InChI=1S/C24H22F3N3O2S/c1-5-19-28-18(14-33-19)22(32)30(17-12-10-16(11-13-17)24(25,26)27)20(15-8-6-7-9-15)21(31)29-23(2,3)4/h1,6-8,10-14,20H,9H2,2-4H3,(H,29,31). The molecule has 1 heterocycles. The van der Waals surface area contributed by atoms with Crippen LogP contribution in [0.25, 0.3) is 0 Å². The molecule has 172 valence electrons. The number of nitrogens with zero attached hydrogens (tertiary/aromatic N) is 2. The second-order valence-corrected chi connectivity index (χ2v) is 9.28. The van der Waals surface area contributed by atoms with Gasteiger partial charge in [-0.1, -0.05) is 18.2 Å². The first-order valence-electron chi connectivity index (χ1n) is 10.0. The lowest BCUT2D eigenvalue weighted by Gasteiger charge is -2.34. The number of hydrogen-bond acceptors (Lipinski definition) is 4. The highest BCUT2D eigenvalue weighted by Gasteiger charge is 2.38. The highest BCUT2D eigenvalue weighted by molar-refractivity contribution is 7.10. The first-order chi connectivity index (χ1) is 15.4. The molecule has 1 unspecified atom stereocenters. The van der Waals surface area contributed by atoms with E-state index in [1.807, 2.05) is 6.08 Å². The van der Waals surface area contributed by atoms with Crippen molar-refractivity contribution in [1.82, 2.24) is 10.3 Å². The van der Waals surface area contributed by atoms with Gasteiger partial charge in [0, 0.05) is 16.6 Å². The van der Waals surface area contributed by atoms with Gasteiger partial charge in [0.2, 0.25) is 5.91 Å². The van der Waals surface area contributed by atoms with Gasteiger partial charge in [0.05, 0.1) is 5.56 Å². The fraction of sp³-hybridized carbons (Fsp3) is 0.292. The quantitative estimate of drug-likeness (QED) is 0.625. The first kappa shape index (κ1) is 24.3. The van der Waals surface area contributed by atoms with Gasteiger partial charge < -0.3 is 5.32 Å². The molecule has 0 saturated heterocycles. The lowest BCUT2D eigenvalue weighted by molar-refractivity contribution is -0.137. The van der Waals surface area contributed by atoms with Crippen LogP contribution in [-0.2, 0) is 11.0 Å². The number of amides is 2. The molecule has 1 aliphatic rings. The number of anilines is 1. The molecule has 33 heavy (non-hydrogen) atoms. The molecule has 0 aliphatic heterocycles. The van der Waals surface area contributed by atoms with Gasteiger partial charge >= 0.3 is 6.18 Å². The predicted octanol–water partition coefficient (Wildman–Crippen LogP) is 4.96. The van der Waals surface area contributed by atoms with E-state index in [-0.39, 0.29) is 16.4 Å². The Morgan fingerprint density at radius 2 is 1.88 bits per heavy atom. The number of nitrogens with one attached hydrogen (secondary N) is 1. The van der Waals surface area contributed by atoms with Crippen molar-refractivity contribution < 1.29 is 22.8 Å². The third kappa shape index (κ3) is 5.71. The molecule has 5 nitrogen and oxygen atoms in total. The molecule has 0 fully saturated rings. The second kappa shape index (κ2) is 9.24. The minimum Gasteiger partial charge on any atom is -0.349 e. The monoisotopic (exact) mass is 473 g/mol. The maximum absolute atomic E-state index is 13.6. The smallest absolute Gasteiger partial charge is 0.349 e. The Labute approximate surface area is 194 Å². The summed E-state index contributed by atoms with van der Waals surface area (Å²) in [6, 6.07) is 3.01. The topological polar surface area (TPSA) is 62.3 Å². The number of carbonyl (C=O) groups is 2. The van der Waals surface area contributed by atoms with Crippen molar-refractivity contribution in [3.05, 3.63) is 69.7 Å². The van der Waals surface area contributed by atoms with Crippen molar-refractivity contribution in [3.8, 4) is 12.3 Å². The molecule has 2 aromatic rings. The second-order valence-electron chi connectivity index (χ2n) is 8.42. The van der Waals surface area contributed by atoms with Gasteiger partial charge in [-0.25, -0.2) is 4.98 Å². The highest BCUT2D eigenvalue weighted by atomic mass is 32.1. The zero-order chi connectivity index (χ0) is 24.4. The number of alkyl halides is 3. The van der Waals surface area contributed by atoms with E-state index in [0.717, 1.165) is 23.5 Å². The summed E-state index contributed by atoms with van der Waals surface area (Å²) in [5, 5.41) is 4.62. The molecule has 0 spiro atoms. The Hall–Kier alpha value is -3.38. The van der Waals surface area contributed by atoms with Gasteiger partial charge in [0.15, 0.2) is 5.01 Å². The van der Waals surface area contributed by atoms with Crippen LogP contribution in [0.2, 0.25) is 0 Å². The van der Waals surface area contributed by atoms with Gasteiger partial charge in [-0.2, -0.15) is 13.2 Å². The van der Waals surface area contributed by atoms with Crippen molar-refractivity contribution in [2.24, 2.45) is 0 Å². The maximum Gasteiger partial charge on any atom is 0.416 e. The number of thiazole rings is 1. The Morgan fingerprint density at radius 1 is 1.21 bits per heavy atom. The number of terminal acetylenes is 1. The van der Waals surface area contributed by atoms with E-state index in [1.54, 1.807) is 32.9 Å². The average Bonchev–Trinajstić information content (AvgIpc) is 3.41. The number of aromatic nitrogens is 1. The summed E-state index contributed by atoms with van der Waals surface area (Å²) < 4.78 is 39.3. The fourth-order valence-corrected chi connectivity index (χ4v) is 3.91. The van der Waals surface area contributed by atoms with Crippen LogP contribution in [0.4, 0.5) is 18.9 Å². The molecule has 0 radical (unpaired) electrons. The molecule has 0 saturated carbocycles. The largest absolute Gasteiger partial charge is 0.416 e. The van der Waals surface area contributed by atoms with Gasteiger partial charge in [0.25, 0.3) is 5.91 Å². The molecule has 0 bridgehead atoms. The molecule has 1 atom stereocenters. The van der Waals surface area contributed by atoms with E-state index in [9.17, 15) is 22.8 Å². The first-order valence-corrected chi connectivity index (χ1v) is 10.9. The highest BCUT2D eigenvalue weighted by Crippen LogP contribution is 2.33. The van der Waals surface area contributed by atoms with Crippen molar-refractivity contribution in [1.29, 1.82) is 0 Å². The van der Waals surface area contributed by atoms with E-state index in [2.05, 4.69) is 16.2 Å². The summed E-state index contributed by atoms with van der Waals surface area (Å²) >= 11 is 1.09. The Kier molecular flexibility index (Phi) is 6.79. The van der Waals surface area contributed by atoms with Crippen LogP contribution in [0.15, 0.2) is 53.4 Å². The minimum atomic E-state index is -4.54. The van der Waals surface area contributed by atoms with E-state index in [4.69, 9.17) is 6.42 Å². The van der Waals surface area contributed by atoms with Crippen LogP contribution in [-0.4, -0.2) is 28.4 Å². The summed E-state index contributed by atoms with van der Waals surface area (Å²) in [6.45, 7) is 5.40. The van der Waals surface area contributed by atoms with Gasteiger partial charge in [-0.3, -0.25) is 14.5 Å². The molecule has 1 N–H and O–H groups in total. The van der Waals surface area contributed by atoms with E-state index in [0.29, 0.717) is 12.0 Å². The third-order valence-electron chi connectivity index (χ3n) is 4.69. The summed E-state index contributed by atoms with van der Waals surface area (Å²) in [6.07, 6.45) is 6.58. The third-order valence-corrected chi connectivity index (χ3v) is 5.47. The number of hydrogen-bond donors (Lipinski definition) is 1. The van der Waals surface area contributed by atoms with Crippen LogP contribution < -0.4 is 10.2 Å².